The molecule has 0 bridgehead atoms. The second-order valence-corrected chi connectivity index (χ2v) is 5.36. The summed E-state index contributed by atoms with van der Waals surface area (Å²) in [6.07, 6.45) is 4.56. The molecule has 1 saturated heterocycles. The SMILES string of the molecule is NCCC1CCCCN1c1ccc(C(N)=O)c(Cl)c1. The Bertz CT molecular complexity index is 462. The molecule has 0 aliphatic carbocycles. The van der Waals surface area contributed by atoms with E-state index >= 15 is 0 Å². The summed E-state index contributed by atoms with van der Waals surface area (Å²) >= 11 is 6.12. The average molecular weight is 282 g/mol. The van der Waals surface area contributed by atoms with Gasteiger partial charge in [0.15, 0.2) is 0 Å². The van der Waals surface area contributed by atoms with Crippen molar-refractivity contribution in [1.82, 2.24) is 0 Å². The maximum Gasteiger partial charge on any atom is 0.250 e. The summed E-state index contributed by atoms with van der Waals surface area (Å²) in [5.41, 5.74) is 12.4. The highest BCUT2D eigenvalue weighted by molar-refractivity contribution is 6.34. The first kappa shape index (κ1) is 14.2. The standard InChI is InChI=1S/C14H20ClN3O/c15-13-9-11(4-5-12(13)14(17)19)18-8-2-1-3-10(18)6-7-16/h4-5,9-10H,1-3,6-8,16H2,(H2,17,19). The molecule has 104 valence electrons. The Morgan fingerprint density at radius 2 is 2.21 bits per heavy atom. The summed E-state index contributed by atoms with van der Waals surface area (Å²) in [7, 11) is 0. The van der Waals surface area contributed by atoms with Gasteiger partial charge >= 0.3 is 0 Å². The molecule has 1 aromatic rings. The van der Waals surface area contributed by atoms with Crippen molar-refractivity contribution in [2.75, 3.05) is 18.0 Å². The number of nitrogens with zero attached hydrogens (tertiary/aromatic N) is 1. The average Bonchev–Trinajstić information content (AvgIpc) is 2.39. The number of hydrogen-bond donors (Lipinski definition) is 2. The first-order valence-corrected chi connectivity index (χ1v) is 7.07. The minimum Gasteiger partial charge on any atom is -0.368 e. The van der Waals surface area contributed by atoms with Crippen molar-refractivity contribution in [3.8, 4) is 0 Å². The van der Waals surface area contributed by atoms with Gasteiger partial charge < -0.3 is 16.4 Å². The van der Waals surface area contributed by atoms with Gasteiger partial charge in [0.25, 0.3) is 0 Å². The number of piperidine rings is 1. The van der Waals surface area contributed by atoms with Gasteiger partial charge in [-0.25, -0.2) is 0 Å². The van der Waals surface area contributed by atoms with Gasteiger partial charge in [-0.05, 0) is 50.4 Å². The maximum absolute atomic E-state index is 11.2. The number of anilines is 1. The predicted molar refractivity (Wildman–Crippen MR) is 78.6 cm³/mol. The summed E-state index contributed by atoms with van der Waals surface area (Å²) in [4.78, 5) is 13.5. The van der Waals surface area contributed by atoms with E-state index in [1.165, 1.54) is 12.8 Å². The van der Waals surface area contributed by atoms with Gasteiger partial charge in [-0.1, -0.05) is 11.6 Å². The molecule has 0 spiro atoms. The minimum atomic E-state index is -0.492. The molecule has 5 heteroatoms. The van der Waals surface area contributed by atoms with Crippen molar-refractivity contribution in [3.63, 3.8) is 0 Å². The number of amides is 1. The van der Waals surface area contributed by atoms with E-state index in [9.17, 15) is 4.79 Å². The fraction of sp³-hybridized carbons (Fsp3) is 0.500. The van der Waals surface area contributed by atoms with E-state index in [-0.39, 0.29) is 0 Å². The van der Waals surface area contributed by atoms with Crippen LogP contribution in [0.5, 0.6) is 0 Å². The van der Waals surface area contributed by atoms with Crippen molar-refractivity contribution in [2.45, 2.75) is 31.7 Å². The number of halogens is 1. The van der Waals surface area contributed by atoms with Crippen molar-refractivity contribution in [2.24, 2.45) is 11.5 Å². The summed E-state index contributed by atoms with van der Waals surface area (Å²) in [6.45, 7) is 1.70. The van der Waals surface area contributed by atoms with Gasteiger partial charge in [-0.2, -0.15) is 0 Å². The lowest BCUT2D eigenvalue weighted by Gasteiger charge is -2.37. The predicted octanol–water partition coefficient (Wildman–Crippen LogP) is 2.15. The van der Waals surface area contributed by atoms with Crippen LogP contribution in [0.4, 0.5) is 5.69 Å². The third-order valence-corrected chi connectivity index (χ3v) is 3.99. The van der Waals surface area contributed by atoms with Gasteiger partial charge in [0.2, 0.25) is 5.91 Å². The molecule has 1 heterocycles. The van der Waals surface area contributed by atoms with E-state index in [2.05, 4.69) is 4.90 Å². The lowest BCUT2D eigenvalue weighted by Crippen LogP contribution is -2.40. The van der Waals surface area contributed by atoms with Crippen LogP contribution >= 0.6 is 11.6 Å². The topological polar surface area (TPSA) is 72.3 Å². The Morgan fingerprint density at radius 3 is 2.84 bits per heavy atom. The molecular weight excluding hydrogens is 262 g/mol. The number of hydrogen-bond acceptors (Lipinski definition) is 3. The highest BCUT2D eigenvalue weighted by Gasteiger charge is 2.22. The highest BCUT2D eigenvalue weighted by atomic mass is 35.5. The first-order chi connectivity index (χ1) is 9.13. The molecule has 1 amide bonds. The summed E-state index contributed by atoms with van der Waals surface area (Å²) in [5.74, 6) is -0.492. The quantitative estimate of drug-likeness (QED) is 0.888. The Hall–Kier alpha value is -1.26. The van der Waals surface area contributed by atoms with E-state index < -0.39 is 5.91 Å². The molecule has 0 aromatic heterocycles. The van der Waals surface area contributed by atoms with E-state index in [0.717, 1.165) is 25.1 Å². The van der Waals surface area contributed by atoms with Crippen LogP contribution in [0.15, 0.2) is 18.2 Å². The van der Waals surface area contributed by atoms with Crippen LogP contribution in [-0.2, 0) is 0 Å². The molecule has 0 saturated carbocycles. The summed E-state index contributed by atoms with van der Waals surface area (Å²) in [6, 6.07) is 5.92. The molecule has 0 radical (unpaired) electrons. The maximum atomic E-state index is 11.2. The van der Waals surface area contributed by atoms with Crippen molar-refractivity contribution in [3.05, 3.63) is 28.8 Å². The first-order valence-electron chi connectivity index (χ1n) is 6.69. The van der Waals surface area contributed by atoms with E-state index in [1.54, 1.807) is 6.07 Å². The van der Waals surface area contributed by atoms with Crippen molar-refractivity contribution >= 4 is 23.2 Å². The monoisotopic (exact) mass is 281 g/mol. The fourth-order valence-corrected chi connectivity index (χ4v) is 2.98. The molecule has 1 unspecified atom stereocenters. The third-order valence-electron chi connectivity index (χ3n) is 3.68. The highest BCUT2D eigenvalue weighted by Crippen LogP contribution is 2.29. The molecule has 1 aromatic carbocycles. The minimum absolute atomic E-state index is 0.373. The van der Waals surface area contributed by atoms with Gasteiger partial charge in [-0.15, -0.1) is 0 Å². The Kier molecular flexibility index (Phi) is 4.66. The lowest BCUT2D eigenvalue weighted by molar-refractivity contribution is 0.100. The van der Waals surface area contributed by atoms with Gasteiger partial charge in [-0.3, -0.25) is 4.79 Å². The van der Waals surface area contributed by atoms with Crippen LogP contribution in [0.3, 0.4) is 0 Å². The summed E-state index contributed by atoms with van der Waals surface area (Å²) in [5, 5.41) is 0.419. The van der Waals surface area contributed by atoms with Crippen molar-refractivity contribution in [1.29, 1.82) is 0 Å². The third kappa shape index (κ3) is 3.19. The van der Waals surface area contributed by atoms with Gasteiger partial charge in [0.05, 0.1) is 10.6 Å². The van der Waals surface area contributed by atoms with Crippen LogP contribution in [0.1, 0.15) is 36.0 Å². The second-order valence-electron chi connectivity index (χ2n) is 4.95. The number of rotatable bonds is 4. The van der Waals surface area contributed by atoms with Crippen LogP contribution in [0.25, 0.3) is 0 Å². The smallest absolute Gasteiger partial charge is 0.250 e. The van der Waals surface area contributed by atoms with Gasteiger partial charge in [0.1, 0.15) is 0 Å². The fourth-order valence-electron chi connectivity index (χ4n) is 2.72. The van der Waals surface area contributed by atoms with E-state index in [1.807, 2.05) is 12.1 Å². The zero-order valence-corrected chi connectivity index (χ0v) is 11.7. The molecule has 1 aliphatic rings. The normalized spacial score (nSPS) is 19.5. The lowest BCUT2D eigenvalue weighted by atomic mass is 9.98. The molecule has 1 atom stereocenters. The number of carbonyl (C=O) groups excluding carboxylic acids is 1. The Balaban J connectivity index is 2.24. The molecule has 4 nitrogen and oxygen atoms in total. The van der Waals surface area contributed by atoms with Gasteiger partial charge in [0, 0.05) is 18.3 Å². The molecule has 2 rings (SSSR count). The molecular formula is C14H20ClN3O. The van der Waals surface area contributed by atoms with Crippen LogP contribution in [0.2, 0.25) is 5.02 Å². The molecule has 1 fully saturated rings. The molecule has 4 N–H and O–H groups in total. The zero-order valence-electron chi connectivity index (χ0n) is 10.9. The van der Waals surface area contributed by atoms with Crippen LogP contribution in [-0.4, -0.2) is 25.0 Å². The van der Waals surface area contributed by atoms with Crippen LogP contribution in [0, 0.1) is 0 Å². The largest absolute Gasteiger partial charge is 0.368 e. The second kappa shape index (κ2) is 6.26. The zero-order chi connectivity index (χ0) is 13.8. The number of nitrogens with two attached hydrogens (primary N) is 2. The Morgan fingerprint density at radius 1 is 1.42 bits per heavy atom. The number of benzene rings is 1. The van der Waals surface area contributed by atoms with Crippen LogP contribution < -0.4 is 16.4 Å². The number of carbonyl (C=O) groups is 1. The molecule has 19 heavy (non-hydrogen) atoms. The van der Waals surface area contributed by atoms with Crippen molar-refractivity contribution < 1.29 is 4.79 Å². The Labute approximate surface area is 118 Å². The molecule has 1 aliphatic heterocycles. The number of primary amides is 1. The van der Waals surface area contributed by atoms with E-state index in [0.29, 0.717) is 23.2 Å². The van der Waals surface area contributed by atoms with E-state index in [4.69, 9.17) is 23.1 Å². The summed E-state index contributed by atoms with van der Waals surface area (Å²) < 4.78 is 0.